The largest absolute Gasteiger partial charge is 0.496 e. The molecule has 0 aromatic carbocycles. The van der Waals surface area contributed by atoms with Gasteiger partial charge in [-0.05, 0) is 27.7 Å². The van der Waals surface area contributed by atoms with Crippen molar-refractivity contribution >= 4 is 29.9 Å². The Labute approximate surface area is 193 Å². The fourth-order valence-corrected chi connectivity index (χ4v) is 3.87. The zero-order valence-corrected chi connectivity index (χ0v) is 19.8. The lowest BCUT2D eigenvalue weighted by molar-refractivity contribution is -0.107. The van der Waals surface area contributed by atoms with Gasteiger partial charge in [-0.15, -0.1) is 0 Å². The molecule has 3 N–H and O–H groups in total. The van der Waals surface area contributed by atoms with Gasteiger partial charge < -0.3 is 30.5 Å². The van der Waals surface area contributed by atoms with Gasteiger partial charge in [0.2, 0.25) is 12.4 Å². The van der Waals surface area contributed by atoms with Crippen molar-refractivity contribution in [1.29, 1.82) is 0 Å². The molecule has 0 bridgehead atoms. The first kappa shape index (κ1) is 24.0. The fourth-order valence-electron chi connectivity index (χ4n) is 3.87. The molecule has 0 aliphatic carbocycles. The van der Waals surface area contributed by atoms with Crippen LogP contribution in [0.4, 0.5) is 22.2 Å². The van der Waals surface area contributed by atoms with Crippen molar-refractivity contribution in [3.63, 3.8) is 0 Å². The number of nitrogens with two attached hydrogens (primary N) is 1. The number of carbonyl (C=O) groups excluding carboxylic acids is 2. The third kappa shape index (κ3) is 5.24. The van der Waals surface area contributed by atoms with Crippen molar-refractivity contribution < 1.29 is 14.3 Å². The first-order valence-electron chi connectivity index (χ1n) is 10.9. The van der Waals surface area contributed by atoms with E-state index in [1.54, 1.807) is 24.4 Å². The number of methoxy groups -OCH3 is 1. The number of pyridine rings is 1. The molecular weight excluding hydrogens is 424 g/mol. The van der Waals surface area contributed by atoms with Crippen molar-refractivity contribution in [3.8, 4) is 5.75 Å². The van der Waals surface area contributed by atoms with Crippen LogP contribution in [-0.2, 0) is 11.3 Å². The Balaban J connectivity index is 1.94. The number of nitrogens with one attached hydrogen (secondary N) is 1. The highest BCUT2D eigenvalue weighted by Crippen LogP contribution is 2.31. The molecule has 1 saturated heterocycles. The second kappa shape index (κ2) is 10.3. The fraction of sp³-hybridized carbons (Fsp3) is 0.500. The Morgan fingerprint density at radius 2 is 2.06 bits per heavy atom. The van der Waals surface area contributed by atoms with Crippen LogP contribution in [-0.4, -0.2) is 71.6 Å². The molecule has 0 radical (unpaired) electrons. The number of hydrogen-bond acceptors (Lipinski definition) is 8. The zero-order valence-electron chi connectivity index (χ0n) is 19.8. The highest BCUT2D eigenvalue weighted by Gasteiger charge is 2.25. The second-order valence-corrected chi connectivity index (χ2v) is 8.22. The minimum Gasteiger partial charge on any atom is -0.496 e. The van der Waals surface area contributed by atoms with Crippen LogP contribution in [0.15, 0.2) is 12.4 Å². The molecule has 178 valence electrons. The van der Waals surface area contributed by atoms with Gasteiger partial charge in [-0.2, -0.15) is 4.98 Å². The molecule has 0 saturated carbocycles. The number of carbonyl (C=O) groups is 2. The Morgan fingerprint density at radius 1 is 1.30 bits per heavy atom. The van der Waals surface area contributed by atoms with Crippen LogP contribution in [0.3, 0.4) is 0 Å². The van der Waals surface area contributed by atoms with E-state index in [4.69, 9.17) is 10.5 Å². The molecule has 3 heterocycles. The summed E-state index contributed by atoms with van der Waals surface area (Å²) in [5, 5.41) is 2.76. The minimum absolute atomic E-state index is 0.0180. The molecular formula is C22H32N8O3. The first-order valence-corrected chi connectivity index (χ1v) is 10.9. The molecule has 11 heteroatoms. The van der Waals surface area contributed by atoms with Crippen molar-refractivity contribution in [1.82, 2.24) is 25.2 Å². The Morgan fingerprint density at radius 3 is 2.67 bits per heavy atom. The summed E-state index contributed by atoms with van der Waals surface area (Å²) in [6, 6.07) is -0.113. The van der Waals surface area contributed by atoms with Gasteiger partial charge in [0.05, 0.1) is 25.5 Å². The van der Waals surface area contributed by atoms with Crippen LogP contribution in [0, 0.1) is 13.8 Å². The molecule has 11 nitrogen and oxygen atoms in total. The van der Waals surface area contributed by atoms with Crippen LogP contribution in [0.25, 0.3) is 0 Å². The van der Waals surface area contributed by atoms with E-state index in [9.17, 15) is 9.59 Å². The summed E-state index contributed by atoms with van der Waals surface area (Å²) in [7, 11) is 1.64. The maximum Gasteiger partial charge on any atom is 0.317 e. The van der Waals surface area contributed by atoms with Gasteiger partial charge in [0.25, 0.3) is 0 Å². The van der Waals surface area contributed by atoms with Crippen molar-refractivity contribution in [2.45, 2.75) is 40.3 Å². The lowest BCUT2D eigenvalue weighted by atomic mass is 10.1. The Hall–Kier alpha value is -3.63. The van der Waals surface area contributed by atoms with Crippen molar-refractivity contribution in [3.05, 3.63) is 29.2 Å². The number of rotatable bonds is 10. The molecule has 1 aliphatic rings. The number of anilines is 3. The summed E-state index contributed by atoms with van der Waals surface area (Å²) in [6.07, 6.45) is 4.05. The zero-order chi connectivity index (χ0) is 24.1. The number of nitrogens with zero attached hydrogens (tertiary/aromatic N) is 6. The lowest BCUT2D eigenvalue weighted by Gasteiger charge is -2.32. The van der Waals surface area contributed by atoms with E-state index in [2.05, 4.69) is 20.3 Å². The molecule has 0 unspecified atom stereocenters. The molecule has 1 aliphatic heterocycles. The van der Waals surface area contributed by atoms with Gasteiger partial charge in [0.1, 0.15) is 11.4 Å². The number of urea groups is 1. The molecule has 3 amide bonds. The van der Waals surface area contributed by atoms with Crippen LogP contribution in [0.1, 0.15) is 30.7 Å². The summed E-state index contributed by atoms with van der Waals surface area (Å²) in [6.45, 7) is 10.3. The predicted octanol–water partition coefficient (Wildman–Crippen LogP) is 1.48. The average molecular weight is 457 g/mol. The van der Waals surface area contributed by atoms with E-state index in [1.165, 1.54) is 4.90 Å². The van der Waals surface area contributed by atoms with Gasteiger partial charge in [0.15, 0.2) is 5.82 Å². The normalized spacial score (nSPS) is 13.3. The summed E-state index contributed by atoms with van der Waals surface area (Å²) in [5.74, 6) is 1.43. The summed E-state index contributed by atoms with van der Waals surface area (Å²) in [4.78, 5) is 42.3. The van der Waals surface area contributed by atoms with Crippen LogP contribution < -0.4 is 25.6 Å². The van der Waals surface area contributed by atoms with Crippen LogP contribution in [0.2, 0.25) is 0 Å². The SMILES string of the molecule is COc1c(C)cnc(CN(c2nc(N)ncc2N(C=O)CCN2CCNC2=O)C(C)C)c1C. The summed E-state index contributed by atoms with van der Waals surface area (Å²) in [5.41, 5.74) is 9.19. The number of nitrogen functional groups attached to an aromatic ring is 1. The number of aromatic nitrogens is 3. The molecule has 3 rings (SSSR count). The van der Waals surface area contributed by atoms with Crippen LogP contribution >= 0.6 is 0 Å². The van der Waals surface area contributed by atoms with Gasteiger partial charge in [-0.1, -0.05) is 0 Å². The number of amides is 3. The van der Waals surface area contributed by atoms with E-state index in [-0.39, 0.29) is 18.0 Å². The van der Waals surface area contributed by atoms with E-state index in [1.807, 2.05) is 32.6 Å². The molecule has 33 heavy (non-hydrogen) atoms. The van der Waals surface area contributed by atoms with E-state index >= 15 is 0 Å². The lowest BCUT2D eigenvalue weighted by Crippen LogP contribution is -2.38. The summed E-state index contributed by atoms with van der Waals surface area (Å²) >= 11 is 0. The minimum atomic E-state index is -0.131. The van der Waals surface area contributed by atoms with E-state index < -0.39 is 0 Å². The molecule has 2 aromatic rings. The van der Waals surface area contributed by atoms with Gasteiger partial charge in [-0.3, -0.25) is 9.78 Å². The third-order valence-electron chi connectivity index (χ3n) is 5.73. The number of hydrogen-bond donors (Lipinski definition) is 2. The molecule has 0 spiro atoms. The standard InChI is InChI=1S/C22H32N8O3/c1-14(2)30(12-17-16(4)19(33-5)15(3)10-25-17)20-18(11-26-21(23)27-20)29(13-31)9-8-28-7-6-24-22(28)32/h10-11,13-14H,6-9,12H2,1-5H3,(H,24,32)(H2,23,26,27). The molecule has 2 aromatic heterocycles. The van der Waals surface area contributed by atoms with E-state index in [0.29, 0.717) is 44.2 Å². The van der Waals surface area contributed by atoms with Gasteiger partial charge in [-0.25, -0.2) is 9.78 Å². The maximum absolute atomic E-state index is 12.0. The quantitative estimate of drug-likeness (QED) is 0.514. The molecule has 0 atom stereocenters. The van der Waals surface area contributed by atoms with E-state index in [0.717, 1.165) is 29.0 Å². The highest BCUT2D eigenvalue weighted by atomic mass is 16.5. The highest BCUT2D eigenvalue weighted by molar-refractivity contribution is 5.82. The first-order chi connectivity index (χ1) is 15.8. The monoisotopic (exact) mass is 456 g/mol. The third-order valence-corrected chi connectivity index (χ3v) is 5.73. The number of aryl methyl sites for hydroxylation is 1. The maximum atomic E-state index is 12.0. The van der Waals surface area contributed by atoms with Crippen LogP contribution in [0.5, 0.6) is 5.75 Å². The second-order valence-electron chi connectivity index (χ2n) is 8.22. The van der Waals surface area contributed by atoms with Gasteiger partial charge in [0, 0.05) is 49.5 Å². The van der Waals surface area contributed by atoms with Crippen molar-refractivity contribution in [2.24, 2.45) is 0 Å². The smallest absolute Gasteiger partial charge is 0.317 e. The molecule has 1 fully saturated rings. The number of ether oxygens (including phenoxy) is 1. The topological polar surface area (TPSA) is 130 Å². The summed E-state index contributed by atoms with van der Waals surface area (Å²) < 4.78 is 5.56. The average Bonchev–Trinajstić information content (AvgIpc) is 3.19. The predicted molar refractivity (Wildman–Crippen MR) is 126 cm³/mol. The van der Waals surface area contributed by atoms with Crippen molar-refractivity contribution in [2.75, 3.05) is 48.8 Å². The Bertz CT molecular complexity index is 1010. The van der Waals surface area contributed by atoms with Gasteiger partial charge >= 0.3 is 6.03 Å². The Kier molecular flexibility index (Phi) is 7.52.